The van der Waals surface area contributed by atoms with Gasteiger partial charge in [-0.05, 0) is 31.9 Å². The minimum atomic E-state index is -0.296. The van der Waals surface area contributed by atoms with Crippen LogP contribution in [0.1, 0.15) is 36.7 Å². The highest BCUT2D eigenvalue weighted by atomic mass is 35.5. The van der Waals surface area contributed by atoms with E-state index in [1.54, 1.807) is 13.8 Å². The molecule has 20 heavy (non-hydrogen) atoms. The Morgan fingerprint density at radius 2 is 2.20 bits per heavy atom. The van der Waals surface area contributed by atoms with Crippen LogP contribution in [0, 0.1) is 6.92 Å². The van der Waals surface area contributed by atoms with Crippen LogP contribution in [0.15, 0.2) is 28.8 Å². The highest BCUT2D eigenvalue weighted by molar-refractivity contribution is 6.31. The van der Waals surface area contributed by atoms with Gasteiger partial charge in [-0.15, -0.1) is 0 Å². The maximum Gasteiger partial charge on any atom is 0.248 e. The molecule has 0 bridgehead atoms. The van der Waals surface area contributed by atoms with Crippen LogP contribution in [-0.2, 0) is 11.2 Å². The highest BCUT2D eigenvalue weighted by Crippen LogP contribution is 2.17. The summed E-state index contributed by atoms with van der Waals surface area (Å²) in [5.41, 5.74) is 0.964. The van der Waals surface area contributed by atoms with Crippen LogP contribution in [-0.4, -0.2) is 16.0 Å². The molecule has 0 aliphatic rings. The standard InChI is InChI=1S/C14H16ClN3O2/c1-9(14-17-10(2)18-20-14)16-13(19)8-7-11-5-3-4-6-12(11)15/h3-6,9H,7-8H2,1-2H3,(H,16,19). The summed E-state index contributed by atoms with van der Waals surface area (Å²) in [7, 11) is 0. The Hall–Kier alpha value is -1.88. The molecular formula is C14H16ClN3O2. The van der Waals surface area contributed by atoms with E-state index in [0.717, 1.165) is 5.56 Å². The number of hydrogen-bond acceptors (Lipinski definition) is 4. The Balaban J connectivity index is 1.85. The minimum Gasteiger partial charge on any atom is -0.345 e. The molecular weight excluding hydrogens is 278 g/mol. The van der Waals surface area contributed by atoms with E-state index in [9.17, 15) is 4.79 Å². The van der Waals surface area contributed by atoms with Gasteiger partial charge in [-0.2, -0.15) is 4.98 Å². The monoisotopic (exact) mass is 293 g/mol. The third-order valence-electron chi connectivity index (χ3n) is 2.87. The molecule has 1 atom stereocenters. The average Bonchev–Trinajstić information content (AvgIpc) is 2.84. The molecule has 0 fully saturated rings. The van der Waals surface area contributed by atoms with Crippen LogP contribution in [0.2, 0.25) is 5.02 Å². The second-order valence-electron chi connectivity index (χ2n) is 4.56. The number of nitrogens with one attached hydrogen (secondary N) is 1. The Morgan fingerprint density at radius 1 is 1.45 bits per heavy atom. The van der Waals surface area contributed by atoms with Crippen molar-refractivity contribution >= 4 is 17.5 Å². The number of carbonyl (C=O) groups is 1. The van der Waals surface area contributed by atoms with E-state index in [1.165, 1.54) is 0 Å². The predicted octanol–water partition coefficient (Wildman–Crippen LogP) is 2.84. The summed E-state index contributed by atoms with van der Waals surface area (Å²) >= 11 is 6.05. The molecule has 2 aromatic rings. The molecule has 0 radical (unpaired) electrons. The summed E-state index contributed by atoms with van der Waals surface area (Å²) in [4.78, 5) is 16.0. The molecule has 0 aliphatic carbocycles. The SMILES string of the molecule is Cc1noc(C(C)NC(=O)CCc2ccccc2Cl)n1. The molecule has 6 heteroatoms. The van der Waals surface area contributed by atoms with E-state index >= 15 is 0 Å². The molecule has 0 saturated heterocycles. The zero-order valence-electron chi connectivity index (χ0n) is 11.4. The van der Waals surface area contributed by atoms with Gasteiger partial charge in [-0.25, -0.2) is 0 Å². The van der Waals surface area contributed by atoms with Crippen molar-refractivity contribution in [2.45, 2.75) is 32.7 Å². The van der Waals surface area contributed by atoms with E-state index < -0.39 is 0 Å². The van der Waals surface area contributed by atoms with Gasteiger partial charge < -0.3 is 9.84 Å². The lowest BCUT2D eigenvalue weighted by Gasteiger charge is -2.10. The molecule has 2 rings (SSSR count). The topological polar surface area (TPSA) is 68.0 Å². The summed E-state index contributed by atoms with van der Waals surface area (Å²) in [5.74, 6) is 0.888. The van der Waals surface area contributed by atoms with E-state index in [2.05, 4.69) is 15.5 Å². The van der Waals surface area contributed by atoms with Gasteiger partial charge in [-0.1, -0.05) is 35.0 Å². The second kappa shape index (κ2) is 6.52. The van der Waals surface area contributed by atoms with Gasteiger partial charge >= 0.3 is 0 Å². The number of nitrogens with zero attached hydrogens (tertiary/aromatic N) is 2. The van der Waals surface area contributed by atoms with Crippen molar-refractivity contribution < 1.29 is 9.32 Å². The second-order valence-corrected chi connectivity index (χ2v) is 4.97. The van der Waals surface area contributed by atoms with Crippen molar-refractivity contribution in [1.29, 1.82) is 0 Å². The lowest BCUT2D eigenvalue weighted by atomic mass is 10.1. The first-order chi connectivity index (χ1) is 9.56. The smallest absolute Gasteiger partial charge is 0.248 e. The summed E-state index contributed by atoms with van der Waals surface area (Å²) < 4.78 is 5.01. The lowest BCUT2D eigenvalue weighted by molar-refractivity contribution is -0.121. The van der Waals surface area contributed by atoms with E-state index in [4.69, 9.17) is 16.1 Å². The number of amides is 1. The van der Waals surface area contributed by atoms with Crippen molar-refractivity contribution in [2.75, 3.05) is 0 Å². The number of halogens is 1. The first kappa shape index (κ1) is 14.5. The lowest BCUT2D eigenvalue weighted by Crippen LogP contribution is -2.27. The molecule has 1 N–H and O–H groups in total. The van der Waals surface area contributed by atoms with Crippen molar-refractivity contribution in [3.63, 3.8) is 0 Å². The average molecular weight is 294 g/mol. The number of carbonyl (C=O) groups excluding carboxylic acids is 1. The van der Waals surface area contributed by atoms with Crippen LogP contribution >= 0.6 is 11.6 Å². The zero-order chi connectivity index (χ0) is 14.5. The maximum absolute atomic E-state index is 11.9. The van der Waals surface area contributed by atoms with Crippen molar-refractivity contribution in [1.82, 2.24) is 15.5 Å². The molecule has 1 heterocycles. The van der Waals surface area contributed by atoms with Crippen LogP contribution < -0.4 is 5.32 Å². The quantitative estimate of drug-likeness (QED) is 0.920. The fourth-order valence-corrected chi connectivity index (χ4v) is 2.04. The van der Waals surface area contributed by atoms with E-state index in [-0.39, 0.29) is 11.9 Å². The number of benzene rings is 1. The molecule has 1 unspecified atom stereocenters. The Labute approximate surface area is 122 Å². The predicted molar refractivity (Wildman–Crippen MR) is 75.4 cm³/mol. The van der Waals surface area contributed by atoms with E-state index in [1.807, 2.05) is 24.3 Å². The maximum atomic E-state index is 11.9. The van der Waals surface area contributed by atoms with Crippen molar-refractivity contribution in [2.24, 2.45) is 0 Å². The fraction of sp³-hybridized carbons (Fsp3) is 0.357. The number of hydrogen-bond donors (Lipinski definition) is 1. The first-order valence-corrected chi connectivity index (χ1v) is 6.77. The highest BCUT2D eigenvalue weighted by Gasteiger charge is 2.15. The molecule has 0 spiro atoms. The van der Waals surface area contributed by atoms with Crippen LogP contribution in [0.4, 0.5) is 0 Å². The fourth-order valence-electron chi connectivity index (χ4n) is 1.81. The van der Waals surface area contributed by atoms with Gasteiger partial charge in [-0.3, -0.25) is 4.79 Å². The molecule has 1 aromatic carbocycles. The third-order valence-corrected chi connectivity index (χ3v) is 3.24. The normalized spacial score (nSPS) is 12.2. The Morgan fingerprint density at radius 3 is 2.85 bits per heavy atom. The van der Waals surface area contributed by atoms with Gasteiger partial charge in [0.1, 0.15) is 6.04 Å². The Bertz CT molecular complexity index is 598. The molecule has 1 aromatic heterocycles. The molecule has 106 valence electrons. The molecule has 0 aliphatic heterocycles. The number of rotatable bonds is 5. The minimum absolute atomic E-state index is 0.0757. The van der Waals surface area contributed by atoms with Crippen molar-refractivity contribution in [3.05, 3.63) is 46.6 Å². The van der Waals surface area contributed by atoms with Crippen LogP contribution in [0.3, 0.4) is 0 Å². The summed E-state index contributed by atoms with van der Waals surface area (Å²) in [5, 5.41) is 7.20. The van der Waals surface area contributed by atoms with Gasteiger partial charge in [0.2, 0.25) is 11.8 Å². The summed E-state index contributed by atoms with van der Waals surface area (Å²) in [6, 6.07) is 7.21. The summed E-state index contributed by atoms with van der Waals surface area (Å²) in [6.45, 7) is 3.54. The largest absolute Gasteiger partial charge is 0.345 e. The molecule has 0 saturated carbocycles. The summed E-state index contributed by atoms with van der Waals surface area (Å²) in [6.07, 6.45) is 0.961. The van der Waals surface area contributed by atoms with Gasteiger partial charge in [0.05, 0.1) is 0 Å². The van der Waals surface area contributed by atoms with Gasteiger partial charge in [0.25, 0.3) is 0 Å². The molecule has 1 amide bonds. The van der Waals surface area contributed by atoms with Gasteiger partial charge in [0, 0.05) is 11.4 Å². The first-order valence-electron chi connectivity index (χ1n) is 6.39. The van der Waals surface area contributed by atoms with Crippen LogP contribution in [0.5, 0.6) is 0 Å². The van der Waals surface area contributed by atoms with Crippen molar-refractivity contribution in [3.8, 4) is 0 Å². The Kier molecular flexibility index (Phi) is 4.74. The third kappa shape index (κ3) is 3.81. The van der Waals surface area contributed by atoms with E-state index in [0.29, 0.717) is 29.6 Å². The number of aryl methyl sites for hydroxylation is 2. The zero-order valence-corrected chi connectivity index (χ0v) is 12.1. The van der Waals surface area contributed by atoms with Crippen LogP contribution in [0.25, 0.3) is 0 Å². The number of aromatic nitrogens is 2. The van der Waals surface area contributed by atoms with Gasteiger partial charge in [0.15, 0.2) is 5.82 Å². The molecule has 5 nitrogen and oxygen atoms in total.